The molecule has 0 rings (SSSR count). The van der Waals surface area contributed by atoms with Crippen molar-refractivity contribution < 1.29 is 4.79 Å². The molecule has 0 spiro atoms. The van der Waals surface area contributed by atoms with Crippen LogP contribution in [0.5, 0.6) is 0 Å². The zero-order valence-corrected chi connectivity index (χ0v) is 11.0. The van der Waals surface area contributed by atoms with Gasteiger partial charge in [-0.05, 0) is 19.6 Å². The highest BCUT2D eigenvalue weighted by Gasteiger charge is 2.09. The Morgan fingerprint density at radius 3 is 2.67 bits per heavy atom. The van der Waals surface area contributed by atoms with Crippen LogP contribution in [0.4, 0.5) is 0 Å². The van der Waals surface area contributed by atoms with Gasteiger partial charge in [0.15, 0.2) is 0 Å². The first kappa shape index (κ1) is 14.8. The van der Waals surface area contributed by atoms with Crippen molar-refractivity contribution in [3.05, 3.63) is 0 Å². The van der Waals surface area contributed by atoms with Crippen LogP contribution in [0.3, 0.4) is 0 Å². The average Bonchev–Trinajstić information content (AvgIpc) is 2.24. The van der Waals surface area contributed by atoms with Crippen LogP contribution < -0.4 is 10.6 Å². The van der Waals surface area contributed by atoms with Gasteiger partial charge in [-0.15, -0.1) is 0 Å². The number of thioether (sulfide) groups is 1. The van der Waals surface area contributed by atoms with Gasteiger partial charge in [0.1, 0.15) is 0 Å². The summed E-state index contributed by atoms with van der Waals surface area (Å²) in [6.45, 7) is 5.77. The summed E-state index contributed by atoms with van der Waals surface area (Å²) < 4.78 is 0. The largest absolute Gasteiger partial charge is 0.355 e. The summed E-state index contributed by atoms with van der Waals surface area (Å²) in [5, 5.41) is 6.13. The molecule has 1 atom stereocenters. The van der Waals surface area contributed by atoms with Gasteiger partial charge in [0, 0.05) is 18.8 Å². The molecule has 2 N–H and O–H groups in total. The standard InChI is InChI=1S/C11H24N2OS/c1-4-5-6-7-13-11(14)10(2)12-8-9-15-3/h10,12H,4-9H2,1-3H3,(H,13,14). The van der Waals surface area contributed by atoms with Crippen LogP contribution in [0, 0.1) is 0 Å². The summed E-state index contributed by atoms with van der Waals surface area (Å²) in [6.07, 6.45) is 5.53. The minimum Gasteiger partial charge on any atom is -0.355 e. The number of hydrogen-bond acceptors (Lipinski definition) is 3. The molecule has 0 fully saturated rings. The molecule has 0 heterocycles. The van der Waals surface area contributed by atoms with E-state index >= 15 is 0 Å². The molecule has 0 bridgehead atoms. The third-order valence-electron chi connectivity index (χ3n) is 2.23. The van der Waals surface area contributed by atoms with Crippen LogP contribution >= 0.6 is 11.8 Å². The van der Waals surface area contributed by atoms with Gasteiger partial charge < -0.3 is 10.6 Å². The Kier molecular flexibility index (Phi) is 10.2. The van der Waals surface area contributed by atoms with E-state index < -0.39 is 0 Å². The number of carbonyl (C=O) groups is 1. The normalized spacial score (nSPS) is 12.5. The van der Waals surface area contributed by atoms with Crippen molar-refractivity contribution in [3.63, 3.8) is 0 Å². The first-order chi connectivity index (χ1) is 7.22. The second kappa shape index (κ2) is 10.3. The summed E-state index contributed by atoms with van der Waals surface area (Å²) >= 11 is 1.79. The fourth-order valence-electron chi connectivity index (χ4n) is 1.21. The highest BCUT2D eigenvalue weighted by Crippen LogP contribution is 1.92. The Morgan fingerprint density at radius 1 is 1.33 bits per heavy atom. The Bertz CT molecular complexity index is 165. The van der Waals surface area contributed by atoms with E-state index in [9.17, 15) is 4.79 Å². The number of rotatable bonds is 9. The zero-order valence-electron chi connectivity index (χ0n) is 10.1. The van der Waals surface area contributed by atoms with E-state index in [1.165, 1.54) is 12.8 Å². The molecule has 0 aliphatic carbocycles. The highest BCUT2D eigenvalue weighted by atomic mass is 32.2. The first-order valence-electron chi connectivity index (χ1n) is 5.72. The predicted molar refractivity (Wildman–Crippen MR) is 68.4 cm³/mol. The van der Waals surface area contributed by atoms with Crippen LogP contribution in [0.15, 0.2) is 0 Å². The molecule has 1 unspecified atom stereocenters. The van der Waals surface area contributed by atoms with Gasteiger partial charge in [0.05, 0.1) is 6.04 Å². The lowest BCUT2D eigenvalue weighted by molar-refractivity contribution is -0.122. The summed E-state index contributed by atoms with van der Waals surface area (Å²) in [4.78, 5) is 11.5. The second-order valence-corrected chi connectivity index (χ2v) is 4.65. The third kappa shape index (κ3) is 8.75. The Morgan fingerprint density at radius 2 is 2.07 bits per heavy atom. The summed E-state index contributed by atoms with van der Waals surface area (Å²) in [5.41, 5.74) is 0. The van der Waals surface area contributed by atoms with E-state index in [0.29, 0.717) is 0 Å². The van der Waals surface area contributed by atoms with E-state index in [1.54, 1.807) is 11.8 Å². The van der Waals surface area contributed by atoms with E-state index in [1.807, 2.05) is 6.92 Å². The van der Waals surface area contributed by atoms with Gasteiger partial charge in [-0.3, -0.25) is 4.79 Å². The quantitative estimate of drug-likeness (QED) is 0.594. The van der Waals surface area contributed by atoms with E-state index in [4.69, 9.17) is 0 Å². The van der Waals surface area contributed by atoms with Gasteiger partial charge in [-0.25, -0.2) is 0 Å². The Labute approximate surface area is 97.8 Å². The van der Waals surface area contributed by atoms with Crippen LogP contribution in [0.2, 0.25) is 0 Å². The molecule has 0 saturated carbocycles. The van der Waals surface area contributed by atoms with Gasteiger partial charge in [0.25, 0.3) is 0 Å². The molecular weight excluding hydrogens is 208 g/mol. The van der Waals surface area contributed by atoms with Crippen molar-refractivity contribution in [2.24, 2.45) is 0 Å². The molecule has 0 aromatic rings. The minimum absolute atomic E-state index is 0.0706. The van der Waals surface area contributed by atoms with Crippen molar-refractivity contribution in [1.29, 1.82) is 0 Å². The molecule has 0 aliphatic heterocycles. The Hall–Kier alpha value is -0.220. The molecule has 3 nitrogen and oxygen atoms in total. The molecule has 0 saturated heterocycles. The molecule has 0 aromatic heterocycles. The number of unbranched alkanes of at least 4 members (excludes halogenated alkanes) is 2. The molecule has 0 radical (unpaired) electrons. The number of amides is 1. The topological polar surface area (TPSA) is 41.1 Å². The minimum atomic E-state index is -0.0706. The van der Waals surface area contributed by atoms with Crippen LogP contribution in [-0.2, 0) is 4.79 Å². The maximum absolute atomic E-state index is 11.5. The maximum Gasteiger partial charge on any atom is 0.236 e. The lowest BCUT2D eigenvalue weighted by atomic mass is 10.2. The molecule has 0 aromatic carbocycles. The Balaban J connectivity index is 3.42. The second-order valence-electron chi connectivity index (χ2n) is 3.67. The third-order valence-corrected chi connectivity index (χ3v) is 2.84. The SMILES string of the molecule is CCCCCNC(=O)C(C)NCCSC. The molecule has 4 heteroatoms. The van der Waals surface area contributed by atoms with Gasteiger partial charge in [0.2, 0.25) is 5.91 Å². The summed E-state index contributed by atoms with van der Waals surface area (Å²) in [6, 6.07) is -0.0706. The van der Waals surface area contributed by atoms with Crippen molar-refractivity contribution in [1.82, 2.24) is 10.6 Å². The molecule has 15 heavy (non-hydrogen) atoms. The molecule has 90 valence electrons. The fourth-order valence-corrected chi connectivity index (χ4v) is 1.53. The van der Waals surface area contributed by atoms with Gasteiger partial charge >= 0.3 is 0 Å². The summed E-state index contributed by atoms with van der Waals surface area (Å²) in [7, 11) is 0. The van der Waals surface area contributed by atoms with Crippen LogP contribution in [0.25, 0.3) is 0 Å². The number of carbonyl (C=O) groups excluding carboxylic acids is 1. The van der Waals surface area contributed by atoms with Crippen molar-refractivity contribution in [2.75, 3.05) is 25.1 Å². The first-order valence-corrected chi connectivity index (χ1v) is 7.11. The van der Waals surface area contributed by atoms with Gasteiger partial charge in [-0.2, -0.15) is 11.8 Å². The zero-order chi connectivity index (χ0) is 11.5. The van der Waals surface area contributed by atoms with E-state index in [-0.39, 0.29) is 11.9 Å². The van der Waals surface area contributed by atoms with Crippen molar-refractivity contribution >= 4 is 17.7 Å². The number of hydrogen-bond donors (Lipinski definition) is 2. The fraction of sp³-hybridized carbons (Fsp3) is 0.909. The maximum atomic E-state index is 11.5. The van der Waals surface area contributed by atoms with Crippen molar-refractivity contribution in [3.8, 4) is 0 Å². The monoisotopic (exact) mass is 232 g/mol. The average molecular weight is 232 g/mol. The lowest BCUT2D eigenvalue weighted by Gasteiger charge is -2.13. The predicted octanol–water partition coefficient (Wildman–Crippen LogP) is 1.63. The van der Waals surface area contributed by atoms with Gasteiger partial charge in [-0.1, -0.05) is 19.8 Å². The highest BCUT2D eigenvalue weighted by molar-refractivity contribution is 7.98. The lowest BCUT2D eigenvalue weighted by Crippen LogP contribution is -2.43. The van der Waals surface area contributed by atoms with Crippen LogP contribution in [0.1, 0.15) is 33.1 Å². The number of nitrogens with one attached hydrogen (secondary N) is 2. The smallest absolute Gasteiger partial charge is 0.236 e. The van der Waals surface area contributed by atoms with Crippen LogP contribution in [-0.4, -0.2) is 37.0 Å². The van der Waals surface area contributed by atoms with E-state index in [0.717, 1.165) is 25.3 Å². The molecular formula is C11H24N2OS. The molecule has 0 aliphatic rings. The summed E-state index contributed by atoms with van der Waals surface area (Å²) in [5.74, 6) is 1.17. The molecule has 1 amide bonds. The van der Waals surface area contributed by atoms with Crippen molar-refractivity contribution in [2.45, 2.75) is 39.2 Å². The van der Waals surface area contributed by atoms with E-state index in [2.05, 4.69) is 23.8 Å².